The van der Waals surface area contributed by atoms with Gasteiger partial charge in [0, 0.05) is 30.5 Å². The molecule has 0 aromatic heterocycles. The highest BCUT2D eigenvalue weighted by molar-refractivity contribution is 5.99. The predicted molar refractivity (Wildman–Crippen MR) is 104 cm³/mol. The highest BCUT2D eigenvalue weighted by atomic mass is 16.5. The molecule has 142 valence electrons. The fourth-order valence-electron chi connectivity index (χ4n) is 2.93. The molecule has 7 nitrogen and oxygen atoms in total. The van der Waals surface area contributed by atoms with Crippen molar-refractivity contribution in [3.8, 4) is 11.5 Å². The molecule has 0 unspecified atom stereocenters. The molecule has 0 radical (unpaired) electrons. The smallest absolute Gasteiger partial charge is 0.325 e. The van der Waals surface area contributed by atoms with Crippen LogP contribution in [0, 0.1) is 0 Å². The Labute approximate surface area is 158 Å². The number of benzene rings is 2. The number of rotatable bonds is 7. The number of anilines is 2. The van der Waals surface area contributed by atoms with Gasteiger partial charge in [0.15, 0.2) is 0 Å². The second-order valence-electron chi connectivity index (χ2n) is 6.06. The molecular weight excluding hydrogens is 346 g/mol. The average Bonchev–Trinajstić information content (AvgIpc) is 3.03. The molecule has 0 aliphatic carbocycles. The topological polar surface area (TPSA) is 71.1 Å². The third kappa shape index (κ3) is 4.49. The first-order valence-electron chi connectivity index (χ1n) is 8.84. The summed E-state index contributed by atoms with van der Waals surface area (Å²) in [5, 5.41) is 2.79. The second kappa shape index (κ2) is 8.44. The van der Waals surface area contributed by atoms with E-state index in [0.29, 0.717) is 31.1 Å². The molecule has 0 spiro atoms. The van der Waals surface area contributed by atoms with Gasteiger partial charge in [-0.3, -0.25) is 9.69 Å². The first kappa shape index (κ1) is 18.6. The maximum absolute atomic E-state index is 12.6. The van der Waals surface area contributed by atoms with Crippen LogP contribution in [-0.2, 0) is 4.79 Å². The molecule has 1 aliphatic rings. The van der Waals surface area contributed by atoms with Crippen LogP contribution in [0.5, 0.6) is 11.5 Å². The molecule has 1 N–H and O–H groups in total. The van der Waals surface area contributed by atoms with Crippen molar-refractivity contribution in [2.45, 2.75) is 6.92 Å². The molecule has 0 saturated carbocycles. The van der Waals surface area contributed by atoms with E-state index in [1.165, 1.54) is 4.90 Å². The lowest BCUT2D eigenvalue weighted by atomic mass is 10.3. The van der Waals surface area contributed by atoms with E-state index in [9.17, 15) is 9.59 Å². The summed E-state index contributed by atoms with van der Waals surface area (Å²) in [4.78, 5) is 28.1. The summed E-state index contributed by atoms with van der Waals surface area (Å²) >= 11 is 0. The van der Waals surface area contributed by atoms with Gasteiger partial charge in [0.05, 0.1) is 13.7 Å². The van der Waals surface area contributed by atoms with Crippen LogP contribution in [0.3, 0.4) is 0 Å². The highest BCUT2D eigenvalue weighted by Gasteiger charge is 2.30. The molecule has 1 heterocycles. The summed E-state index contributed by atoms with van der Waals surface area (Å²) in [6, 6.07) is 14.3. The summed E-state index contributed by atoms with van der Waals surface area (Å²) in [7, 11) is 1.57. The van der Waals surface area contributed by atoms with Gasteiger partial charge in [-0.25, -0.2) is 4.79 Å². The van der Waals surface area contributed by atoms with Crippen LogP contribution >= 0.6 is 0 Å². The Hall–Kier alpha value is -3.22. The summed E-state index contributed by atoms with van der Waals surface area (Å²) in [6.07, 6.45) is 0. The van der Waals surface area contributed by atoms with E-state index >= 15 is 0 Å². The molecule has 27 heavy (non-hydrogen) atoms. The van der Waals surface area contributed by atoms with Gasteiger partial charge in [-0.1, -0.05) is 6.07 Å². The van der Waals surface area contributed by atoms with Crippen LogP contribution in [0.25, 0.3) is 0 Å². The van der Waals surface area contributed by atoms with Gasteiger partial charge in [-0.05, 0) is 43.3 Å². The maximum atomic E-state index is 12.6. The number of carbonyl (C=O) groups excluding carboxylic acids is 2. The zero-order valence-corrected chi connectivity index (χ0v) is 15.5. The lowest BCUT2D eigenvalue weighted by molar-refractivity contribution is -0.116. The van der Waals surface area contributed by atoms with Crippen molar-refractivity contribution in [3.63, 3.8) is 0 Å². The van der Waals surface area contributed by atoms with Crippen LogP contribution in [0.2, 0.25) is 0 Å². The molecule has 0 bridgehead atoms. The Morgan fingerprint density at radius 2 is 1.89 bits per heavy atom. The van der Waals surface area contributed by atoms with Gasteiger partial charge in [0.25, 0.3) is 0 Å². The van der Waals surface area contributed by atoms with Crippen LogP contribution in [0.1, 0.15) is 6.92 Å². The van der Waals surface area contributed by atoms with Crippen molar-refractivity contribution >= 4 is 23.3 Å². The summed E-state index contributed by atoms with van der Waals surface area (Å²) < 4.78 is 10.6. The zero-order chi connectivity index (χ0) is 19.2. The first-order chi connectivity index (χ1) is 13.1. The quantitative estimate of drug-likeness (QED) is 0.815. The first-order valence-corrected chi connectivity index (χ1v) is 8.84. The molecule has 0 atom stereocenters. The van der Waals surface area contributed by atoms with Crippen molar-refractivity contribution in [1.29, 1.82) is 0 Å². The van der Waals surface area contributed by atoms with E-state index in [1.807, 2.05) is 31.2 Å². The number of hydrogen-bond acceptors (Lipinski definition) is 4. The minimum absolute atomic E-state index is 0.00354. The van der Waals surface area contributed by atoms with Crippen molar-refractivity contribution in [2.75, 3.05) is 43.6 Å². The van der Waals surface area contributed by atoms with Crippen LogP contribution in [0.4, 0.5) is 16.2 Å². The number of nitrogens with one attached hydrogen (secondary N) is 1. The number of ether oxygens (including phenoxy) is 2. The van der Waals surface area contributed by atoms with Crippen LogP contribution < -0.4 is 19.7 Å². The number of carbonyl (C=O) groups is 2. The standard InChI is InChI=1S/C20H23N3O4/c1-3-27-17-9-7-16(8-10-17)23-12-11-22(20(23)25)14-19(24)21-15-5-4-6-18(13-15)26-2/h4-10,13H,3,11-12,14H2,1-2H3,(H,21,24). The summed E-state index contributed by atoms with van der Waals surface area (Å²) in [6.45, 7) is 3.56. The zero-order valence-electron chi connectivity index (χ0n) is 15.5. The largest absolute Gasteiger partial charge is 0.497 e. The number of amides is 3. The molecule has 1 fully saturated rings. The van der Waals surface area contributed by atoms with Crippen molar-refractivity contribution < 1.29 is 19.1 Å². The lowest BCUT2D eigenvalue weighted by Crippen LogP contribution is -2.37. The second-order valence-corrected chi connectivity index (χ2v) is 6.06. The molecule has 1 aliphatic heterocycles. The van der Waals surface area contributed by atoms with Gasteiger partial charge in [-0.15, -0.1) is 0 Å². The fourth-order valence-corrected chi connectivity index (χ4v) is 2.93. The summed E-state index contributed by atoms with van der Waals surface area (Å²) in [5.74, 6) is 1.18. The molecule has 2 aromatic carbocycles. The minimum Gasteiger partial charge on any atom is -0.497 e. The van der Waals surface area contributed by atoms with E-state index in [2.05, 4.69) is 5.32 Å². The highest BCUT2D eigenvalue weighted by Crippen LogP contribution is 2.23. The Kier molecular flexibility index (Phi) is 5.80. The fraction of sp³-hybridized carbons (Fsp3) is 0.300. The van der Waals surface area contributed by atoms with Gasteiger partial charge in [0.2, 0.25) is 5.91 Å². The predicted octanol–water partition coefficient (Wildman–Crippen LogP) is 2.97. The van der Waals surface area contributed by atoms with Crippen molar-refractivity contribution in [3.05, 3.63) is 48.5 Å². The van der Waals surface area contributed by atoms with Gasteiger partial charge in [0.1, 0.15) is 18.0 Å². The molecule has 7 heteroatoms. The number of methoxy groups -OCH3 is 1. The minimum atomic E-state index is -0.245. The Balaban J connectivity index is 1.58. The van der Waals surface area contributed by atoms with Crippen molar-refractivity contribution in [1.82, 2.24) is 4.90 Å². The molecule has 2 aromatic rings. The van der Waals surface area contributed by atoms with Gasteiger partial charge in [-0.2, -0.15) is 0 Å². The van der Waals surface area contributed by atoms with Crippen LogP contribution in [-0.4, -0.2) is 50.2 Å². The normalized spacial score (nSPS) is 13.6. The van der Waals surface area contributed by atoms with E-state index < -0.39 is 0 Å². The number of hydrogen-bond donors (Lipinski definition) is 1. The van der Waals surface area contributed by atoms with Crippen LogP contribution in [0.15, 0.2) is 48.5 Å². The molecule has 3 amide bonds. The molecule has 3 rings (SSSR count). The lowest BCUT2D eigenvalue weighted by Gasteiger charge is -2.19. The van der Waals surface area contributed by atoms with E-state index in [4.69, 9.17) is 9.47 Å². The third-order valence-corrected chi connectivity index (χ3v) is 4.24. The van der Waals surface area contributed by atoms with Crippen molar-refractivity contribution in [2.24, 2.45) is 0 Å². The van der Waals surface area contributed by atoms with E-state index in [-0.39, 0.29) is 18.5 Å². The Bertz CT molecular complexity index is 807. The summed E-state index contributed by atoms with van der Waals surface area (Å²) in [5.41, 5.74) is 1.42. The molecule has 1 saturated heterocycles. The van der Waals surface area contributed by atoms with Gasteiger partial charge < -0.3 is 19.7 Å². The monoisotopic (exact) mass is 369 g/mol. The SMILES string of the molecule is CCOc1ccc(N2CCN(CC(=O)Nc3cccc(OC)c3)C2=O)cc1. The van der Waals surface area contributed by atoms with Gasteiger partial charge >= 0.3 is 6.03 Å². The average molecular weight is 369 g/mol. The maximum Gasteiger partial charge on any atom is 0.325 e. The van der Waals surface area contributed by atoms with E-state index in [1.54, 1.807) is 36.3 Å². The Morgan fingerprint density at radius 3 is 2.59 bits per heavy atom. The number of nitrogens with zero attached hydrogens (tertiary/aromatic N) is 2. The number of urea groups is 1. The van der Waals surface area contributed by atoms with E-state index in [0.717, 1.165) is 11.4 Å². The molecular formula is C20H23N3O4. The Morgan fingerprint density at radius 1 is 1.11 bits per heavy atom. The third-order valence-electron chi connectivity index (χ3n) is 4.24.